The van der Waals surface area contributed by atoms with Gasteiger partial charge in [-0.25, -0.2) is 0 Å². The third-order valence-corrected chi connectivity index (χ3v) is 17.6. The Labute approximate surface area is 435 Å². The number of hydrogen-bond acceptors (Lipinski definition) is 2. The van der Waals surface area contributed by atoms with Crippen molar-refractivity contribution in [2.45, 2.75) is 50.4 Å². The first-order valence-corrected chi connectivity index (χ1v) is 26.9. The Hall–Kier alpha value is -8.20. The molecule has 2 bridgehead atoms. The molecule has 2 fully saturated rings. The summed E-state index contributed by atoms with van der Waals surface area (Å²) >= 11 is 0. The van der Waals surface area contributed by atoms with Crippen molar-refractivity contribution in [1.29, 1.82) is 0 Å². The number of para-hydroxylation sites is 1. The van der Waals surface area contributed by atoms with Crippen LogP contribution in [0.5, 0.6) is 0 Å². The molecule has 0 saturated heterocycles. The van der Waals surface area contributed by atoms with Crippen LogP contribution in [-0.2, 0) is 10.8 Å². The van der Waals surface area contributed by atoms with Crippen LogP contribution in [0, 0.1) is 23.7 Å². The predicted octanol–water partition coefficient (Wildman–Crippen LogP) is 19.1. The van der Waals surface area contributed by atoms with Crippen molar-refractivity contribution in [2.24, 2.45) is 23.7 Å². The molecule has 0 atom stereocenters. The Balaban J connectivity index is 1.00. The fourth-order valence-corrected chi connectivity index (χ4v) is 14.9. The van der Waals surface area contributed by atoms with Gasteiger partial charge < -0.3 is 9.32 Å². The van der Waals surface area contributed by atoms with Gasteiger partial charge >= 0.3 is 0 Å². The number of nitrogens with zero attached hydrogens (tertiary/aromatic N) is 1. The Bertz CT molecular complexity index is 3780. The Morgan fingerprint density at radius 1 is 0.365 bits per heavy atom. The maximum Gasteiger partial charge on any atom is 0.136 e. The van der Waals surface area contributed by atoms with Crippen molar-refractivity contribution in [1.82, 2.24) is 0 Å². The monoisotopic (exact) mass is 953 g/mol. The maximum atomic E-state index is 6.39. The summed E-state index contributed by atoms with van der Waals surface area (Å²) in [5.74, 6) is 2.50. The van der Waals surface area contributed by atoms with Crippen molar-refractivity contribution in [3.8, 4) is 33.4 Å². The van der Waals surface area contributed by atoms with E-state index in [0.717, 1.165) is 44.6 Å². The predicted molar refractivity (Wildman–Crippen MR) is 308 cm³/mol. The van der Waals surface area contributed by atoms with Crippen LogP contribution in [0.15, 0.2) is 253 Å². The quantitative estimate of drug-likeness (QED) is 0.151. The lowest BCUT2D eigenvalue weighted by atomic mass is 9.41. The molecule has 3 aliphatic carbocycles. The van der Waals surface area contributed by atoms with Gasteiger partial charge in [0.1, 0.15) is 11.2 Å². The van der Waals surface area contributed by atoms with E-state index < -0.39 is 5.41 Å². The van der Waals surface area contributed by atoms with Gasteiger partial charge in [-0.05, 0) is 165 Å². The molecule has 11 aromatic rings. The molecule has 1 spiro atoms. The smallest absolute Gasteiger partial charge is 0.136 e. The van der Waals surface area contributed by atoms with E-state index in [1.807, 2.05) is 6.07 Å². The van der Waals surface area contributed by atoms with E-state index in [0.29, 0.717) is 23.7 Å². The molecule has 10 aromatic carbocycles. The summed E-state index contributed by atoms with van der Waals surface area (Å²) in [6, 6.07) is 93.2. The van der Waals surface area contributed by atoms with Gasteiger partial charge in [0.05, 0.1) is 5.41 Å². The zero-order valence-electron chi connectivity index (χ0n) is 42.2. The highest BCUT2D eigenvalue weighted by Crippen LogP contribution is 2.67. The van der Waals surface area contributed by atoms with Gasteiger partial charge in [0, 0.05) is 33.2 Å². The lowest BCUT2D eigenvalue weighted by molar-refractivity contribution is 0.0238. The fourth-order valence-electron chi connectivity index (χ4n) is 14.9. The highest BCUT2D eigenvalue weighted by Gasteiger charge is 2.61. The van der Waals surface area contributed by atoms with E-state index >= 15 is 0 Å². The molecule has 0 unspecified atom stereocenters. The van der Waals surface area contributed by atoms with E-state index in [1.165, 1.54) is 81.3 Å². The molecule has 2 nitrogen and oxygen atoms in total. The Kier molecular flexibility index (Phi) is 10.7. The minimum absolute atomic E-state index is 0.100. The minimum atomic E-state index is -0.576. The average Bonchev–Trinajstić information content (AvgIpc) is 3.87. The number of fused-ring (bicyclic) bond motifs is 5. The van der Waals surface area contributed by atoms with E-state index in [2.05, 4.69) is 261 Å². The van der Waals surface area contributed by atoms with Crippen LogP contribution in [0.4, 0.5) is 17.1 Å². The van der Waals surface area contributed by atoms with Gasteiger partial charge in [-0.15, -0.1) is 0 Å². The lowest BCUT2D eigenvalue weighted by Crippen LogP contribution is -2.56. The van der Waals surface area contributed by atoms with Gasteiger partial charge in [0.15, 0.2) is 0 Å². The van der Waals surface area contributed by atoms with Gasteiger partial charge in [0.2, 0.25) is 0 Å². The number of hydrogen-bond donors (Lipinski definition) is 0. The second-order valence-electron chi connectivity index (χ2n) is 21.8. The molecule has 14 rings (SSSR count). The molecule has 0 radical (unpaired) electrons. The normalized spacial score (nSPS) is 20.5. The second kappa shape index (κ2) is 17.8. The van der Waals surface area contributed by atoms with E-state index in [1.54, 1.807) is 5.56 Å². The Morgan fingerprint density at radius 3 is 1.58 bits per heavy atom. The van der Waals surface area contributed by atoms with Crippen molar-refractivity contribution in [3.05, 3.63) is 282 Å². The number of anilines is 3. The van der Waals surface area contributed by atoms with Gasteiger partial charge in [0.25, 0.3) is 0 Å². The van der Waals surface area contributed by atoms with Crippen molar-refractivity contribution >= 4 is 39.0 Å². The van der Waals surface area contributed by atoms with Crippen LogP contribution in [0.1, 0.15) is 72.9 Å². The van der Waals surface area contributed by atoms with E-state index in [9.17, 15) is 0 Å². The topological polar surface area (TPSA) is 16.4 Å². The molecule has 0 aliphatic heterocycles. The standard InChI is InChI=1S/C72H59NO/c1-48-42-55-44-49(2)45-56(43-48)72(55)65-33-16-15-32-64(65)71(53-23-8-4-9-24-53,54-25-10-5-11-26-54)67-47-59(40-41-66(67)72)73(58-27-18-22-52(46-58)50-20-6-3-7-21-50)57-38-36-51(37-39-57)60-28-12-13-29-61(60)62-31-19-35-69-70(62)63-30-14-17-34-68(63)74-69/h3-41,46-49,55-56H,42-45H2,1-2H3. The summed E-state index contributed by atoms with van der Waals surface area (Å²) in [5, 5.41) is 2.28. The molecule has 1 aromatic heterocycles. The molecule has 74 heavy (non-hydrogen) atoms. The largest absolute Gasteiger partial charge is 0.456 e. The van der Waals surface area contributed by atoms with Gasteiger partial charge in [-0.3, -0.25) is 0 Å². The SMILES string of the molecule is CC1CC2CC(C)CC(C1)C21c2ccccc2C(c2ccccc2)(c2ccccc2)c2cc(N(c3ccc(-c4ccccc4-c4cccc5oc6ccccc6c45)cc3)c3cccc(-c4ccccc4)c3)ccc21. The van der Waals surface area contributed by atoms with Crippen LogP contribution in [0.3, 0.4) is 0 Å². The first-order valence-electron chi connectivity index (χ1n) is 26.9. The van der Waals surface area contributed by atoms with E-state index in [-0.39, 0.29) is 5.41 Å². The number of rotatable bonds is 8. The number of furan rings is 1. The fraction of sp³-hybridized carbons (Fsp3) is 0.167. The molecule has 358 valence electrons. The third-order valence-electron chi connectivity index (χ3n) is 17.6. The summed E-state index contributed by atoms with van der Waals surface area (Å²) in [4.78, 5) is 2.51. The Morgan fingerprint density at radius 2 is 0.878 bits per heavy atom. The molecule has 2 heteroatoms. The molecular weight excluding hydrogens is 895 g/mol. The van der Waals surface area contributed by atoms with Crippen molar-refractivity contribution in [2.75, 3.05) is 4.90 Å². The zero-order chi connectivity index (χ0) is 49.4. The lowest BCUT2D eigenvalue weighted by Gasteiger charge is -2.62. The first kappa shape index (κ1) is 44.5. The van der Waals surface area contributed by atoms with Crippen LogP contribution in [-0.4, -0.2) is 0 Å². The molecule has 3 aliphatic rings. The summed E-state index contributed by atoms with van der Waals surface area (Å²) in [5.41, 5.74) is 20.1. The van der Waals surface area contributed by atoms with Crippen LogP contribution >= 0.6 is 0 Å². The molecular formula is C72H59NO. The second-order valence-corrected chi connectivity index (χ2v) is 21.8. The van der Waals surface area contributed by atoms with Crippen molar-refractivity contribution < 1.29 is 4.42 Å². The molecule has 0 N–H and O–H groups in total. The summed E-state index contributed by atoms with van der Waals surface area (Å²) < 4.78 is 6.39. The highest BCUT2D eigenvalue weighted by molar-refractivity contribution is 6.13. The van der Waals surface area contributed by atoms with Crippen LogP contribution in [0.2, 0.25) is 0 Å². The minimum Gasteiger partial charge on any atom is -0.456 e. The average molecular weight is 954 g/mol. The maximum absolute atomic E-state index is 6.39. The van der Waals surface area contributed by atoms with Crippen molar-refractivity contribution in [3.63, 3.8) is 0 Å². The van der Waals surface area contributed by atoms with Gasteiger partial charge in [-0.2, -0.15) is 0 Å². The van der Waals surface area contributed by atoms with Gasteiger partial charge in [-0.1, -0.05) is 214 Å². The summed E-state index contributed by atoms with van der Waals surface area (Å²) in [7, 11) is 0. The first-order chi connectivity index (χ1) is 36.5. The zero-order valence-corrected chi connectivity index (χ0v) is 42.2. The van der Waals surface area contributed by atoms with E-state index in [4.69, 9.17) is 4.42 Å². The summed E-state index contributed by atoms with van der Waals surface area (Å²) in [6.07, 6.45) is 5.01. The highest BCUT2D eigenvalue weighted by atomic mass is 16.3. The summed E-state index contributed by atoms with van der Waals surface area (Å²) in [6.45, 7) is 5.04. The van der Waals surface area contributed by atoms with Crippen LogP contribution < -0.4 is 4.90 Å². The molecule has 1 heterocycles. The molecule has 2 saturated carbocycles. The van der Waals surface area contributed by atoms with Crippen LogP contribution in [0.25, 0.3) is 55.3 Å². The third kappa shape index (κ3) is 6.84. The molecule has 0 amide bonds. The number of benzene rings is 10.